The lowest BCUT2D eigenvalue weighted by Crippen LogP contribution is -2.36. The number of hydrogen-bond donors (Lipinski definition) is 0. The van der Waals surface area contributed by atoms with Crippen molar-refractivity contribution in [3.05, 3.63) is 88.0 Å². The van der Waals surface area contributed by atoms with Gasteiger partial charge in [-0.1, -0.05) is 24.3 Å². The maximum atomic E-state index is 13.6. The van der Waals surface area contributed by atoms with E-state index in [2.05, 4.69) is 4.98 Å². The predicted octanol–water partition coefficient (Wildman–Crippen LogP) is 4.30. The molecule has 3 aromatic rings. The summed E-state index contributed by atoms with van der Waals surface area (Å²) in [5, 5.41) is 1.93. The Bertz CT molecular complexity index is 1090. The molecule has 2 aromatic heterocycles. The second kappa shape index (κ2) is 8.63. The van der Waals surface area contributed by atoms with E-state index in [4.69, 9.17) is 0 Å². The van der Waals surface area contributed by atoms with Crippen LogP contribution in [0.1, 0.15) is 22.9 Å². The molecule has 0 fully saturated rings. The number of aromatic nitrogens is 1. The molecule has 1 aliphatic heterocycles. The molecular formula is C24H23N3O2S. The van der Waals surface area contributed by atoms with Gasteiger partial charge in [0.05, 0.1) is 11.3 Å². The number of carbonyl (C=O) groups excluding carboxylic acids is 2. The Labute approximate surface area is 180 Å². The lowest BCUT2D eigenvalue weighted by molar-refractivity contribution is -0.120. The third-order valence-electron chi connectivity index (χ3n) is 5.30. The SMILES string of the molecule is CCN(CCc1ccncc1)C1=C(c2cccs2)C(=O)N(c2ccccc2C)C1=O. The van der Waals surface area contributed by atoms with Crippen molar-refractivity contribution in [2.45, 2.75) is 20.3 Å². The van der Waals surface area contributed by atoms with Crippen LogP contribution in [-0.2, 0) is 16.0 Å². The summed E-state index contributed by atoms with van der Waals surface area (Å²) in [5.41, 5.74) is 3.67. The van der Waals surface area contributed by atoms with Gasteiger partial charge in [-0.2, -0.15) is 0 Å². The zero-order valence-electron chi connectivity index (χ0n) is 17.0. The zero-order chi connectivity index (χ0) is 21.1. The van der Waals surface area contributed by atoms with Crippen molar-refractivity contribution in [2.24, 2.45) is 0 Å². The molecule has 30 heavy (non-hydrogen) atoms. The number of thiophene rings is 1. The molecule has 2 amide bonds. The number of para-hydroxylation sites is 1. The van der Waals surface area contributed by atoms with Crippen LogP contribution in [0.15, 0.2) is 72.0 Å². The van der Waals surface area contributed by atoms with Gasteiger partial charge in [0.15, 0.2) is 0 Å². The molecule has 0 saturated heterocycles. The first-order chi connectivity index (χ1) is 14.6. The van der Waals surface area contributed by atoms with E-state index in [9.17, 15) is 9.59 Å². The third-order valence-corrected chi connectivity index (χ3v) is 6.19. The number of nitrogens with zero attached hydrogens (tertiary/aromatic N) is 3. The molecule has 4 rings (SSSR count). The van der Waals surface area contributed by atoms with Crippen molar-refractivity contribution in [3.63, 3.8) is 0 Å². The standard InChI is InChI=1S/C24H23N3O2S/c1-3-26(15-12-18-10-13-25-14-11-18)22-21(20-9-6-16-30-20)23(28)27(24(22)29)19-8-5-4-7-17(19)2/h4-11,13-14,16H,3,12,15H2,1-2H3. The fraction of sp³-hybridized carbons (Fsp3) is 0.208. The number of pyridine rings is 1. The molecule has 0 aliphatic carbocycles. The number of amides is 2. The smallest absolute Gasteiger partial charge is 0.282 e. The fourth-order valence-corrected chi connectivity index (χ4v) is 4.49. The van der Waals surface area contributed by atoms with Crippen molar-refractivity contribution in [3.8, 4) is 0 Å². The van der Waals surface area contributed by atoms with Gasteiger partial charge in [-0.15, -0.1) is 11.3 Å². The molecule has 1 aliphatic rings. The van der Waals surface area contributed by atoms with E-state index in [1.54, 1.807) is 12.4 Å². The lowest BCUT2D eigenvalue weighted by atomic mass is 10.1. The van der Waals surface area contributed by atoms with Crippen LogP contribution in [0.3, 0.4) is 0 Å². The molecule has 5 nitrogen and oxygen atoms in total. The highest BCUT2D eigenvalue weighted by atomic mass is 32.1. The number of carbonyl (C=O) groups is 2. The largest absolute Gasteiger partial charge is 0.366 e. The monoisotopic (exact) mass is 417 g/mol. The average molecular weight is 418 g/mol. The van der Waals surface area contributed by atoms with E-state index in [1.165, 1.54) is 16.2 Å². The first-order valence-corrected chi connectivity index (χ1v) is 10.9. The number of anilines is 1. The van der Waals surface area contributed by atoms with Crippen molar-refractivity contribution in [2.75, 3.05) is 18.0 Å². The third kappa shape index (κ3) is 3.66. The quantitative estimate of drug-likeness (QED) is 0.538. The van der Waals surface area contributed by atoms with Gasteiger partial charge < -0.3 is 4.90 Å². The summed E-state index contributed by atoms with van der Waals surface area (Å²) in [7, 11) is 0. The molecule has 152 valence electrons. The summed E-state index contributed by atoms with van der Waals surface area (Å²) in [6.45, 7) is 5.21. The van der Waals surface area contributed by atoms with Gasteiger partial charge in [-0.25, -0.2) is 4.90 Å². The maximum absolute atomic E-state index is 13.6. The highest BCUT2D eigenvalue weighted by Crippen LogP contribution is 2.37. The Balaban J connectivity index is 1.74. The first-order valence-electron chi connectivity index (χ1n) is 9.98. The molecular weight excluding hydrogens is 394 g/mol. The van der Waals surface area contributed by atoms with Crippen LogP contribution < -0.4 is 4.90 Å². The van der Waals surface area contributed by atoms with Gasteiger partial charge in [-0.3, -0.25) is 14.6 Å². The topological polar surface area (TPSA) is 53.5 Å². The van der Waals surface area contributed by atoms with E-state index < -0.39 is 0 Å². The van der Waals surface area contributed by atoms with Crippen LogP contribution in [0.25, 0.3) is 5.57 Å². The zero-order valence-corrected chi connectivity index (χ0v) is 17.9. The molecule has 0 unspecified atom stereocenters. The molecule has 6 heteroatoms. The number of likely N-dealkylation sites (N-methyl/N-ethyl adjacent to an activating group) is 1. The molecule has 1 aromatic carbocycles. The van der Waals surface area contributed by atoms with E-state index in [-0.39, 0.29) is 11.8 Å². The second-order valence-corrected chi connectivity index (χ2v) is 8.07. The number of hydrogen-bond acceptors (Lipinski definition) is 5. The van der Waals surface area contributed by atoms with Gasteiger partial charge in [0.1, 0.15) is 5.70 Å². The average Bonchev–Trinajstić information content (AvgIpc) is 3.37. The van der Waals surface area contributed by atoms with E-state index in [0.29, 0.717) is 30.0 Å². The van der Waals surface area contributed by atoms with Crippen molar-refractivity contribution >= 4 is 34.4 Å². The summed E-state index contributed by atoms with van der Waals surface area (Å²) in [5.74, 6) is -0.511. The van der Waals surface area contributed by atoms with E-state index in [0.717, 1.165) is 22.4 Å². The maximum Gasteiger partial charge on any atom is 0.282 e. The Morgan fingerprint density at radius 2 is 1.77 bits per heavy atom. The molecule has 0 saturated carbocycles. The molecule has 0 atom stereocenters. The normalized spacial score (nSPS) is 14.0. The van der Waals surface area contributed by atoms with Crippen LogP contribution in [0.2, 0.25) is 0 Å². The first kappa shape index (κ1) is 20.0. The van der Waals surface area contributed by atoms with Crippen LogP contribution in [0, 0.1) is 6.92 Å². The van der Waals surface area contributed by atoms with Crippen molar-refractivity contribution in [1.82, 2.24) is 9.88 Å². The molecule has 0 radical (unpaired) electrons. The van der Waals surface area contributed by atoms with Crippen LogP contribution in [-0.4, -0.2) is 34.8 Å². The fourth-order valence-electron chi connectivity index (χ4n) is 3.73. The van der Waals surface area contributed by atoms with Gasteiger partial charge in [-0.05, 0) is 61.0 Å². The van der Waals surface area contributed by atoms with Crippen LogP contribution in [0.4, 0.5) is 5.69 Å². The number of rotatable bonds is 7. The Morgan fingerprint density at radius 3 is 2.43 bits per heavy atom. The van der Waals surface area contributed by atoms with E-state index >= 15 is 0 Å². The Hall–Kier alpha value is -3.25. The Morgan fingerprint density at radius 1 is 1.00 bits per heavy atom. The Kier molecular flexibility index (Phi) is 5.77. The summed E-state index contributed by atoms with van der Waals surface area (Å²) in [6, 6.07) is 15.3. The van der Waals surface area contributed by atoms with Crippen molar-refractivity contribution in [1.29, 1.82) is 0 Å². The lowest BCUT2D eigenvalue weighted by Gasteiger charge is -2.25. The summed E-state index contributed by atoms with van der Waals surface area (Å²) in [6.07, 6.45) is 4.31. The number of imide groups is 1. The minimum atomic E-state index is -0.255. The van der Waals surface area contributed by atoms with E-state index in [1.807, 2.05) is 72.7 Å². The van der Waals surface area contributed by atoms with Gasteiger partial charge >= 0.3 is 0 Å². The summed E-state index contributed by atoms with van der Waals surface area (Å²) >= 11 is 1.48. The van der Waals surface area contributed by atoms with Gasteiger partial charge in [0.2, 0.25) is 0 Å². The number of aryl methyl sites for hydroxylation is 1. The number of benzene rings is 1. The molecule has 0 spiro atoms. The molecule has 0 N–H and O–H groups in total. The predicted molar refractivity (Wildman–Crippen MR) is 120 cm³/mol. The molecule has 0 bridgehead atoms. The van der Waals surface area contributed by atoms with Crippen LogP contribution >= 0.6 is 11.3 Å². The summed E-state index contributed by atoms with van der Waals surface area (Å²) in [4.78, 5) is 35.3. The highest BCUT2D eigenvalue weighted by molar-refractivity contribution is 7.11. The second-order valence-electron chi connectivity index (χ2n) is 7.12. The van der Waals surface area contributed by atoms with Gasteiger partial charge in [0.25, 0.3) is 11.8 Å². The highest BCUT2D eigenvalue weighted by Gasteiger charge is 2.42. The minimum Gasteiger partial charge on any atom is -0.366 e. The minimum absolute atomic E-state index is 0.255. The summed E-state index contributed by atoms with van der Waals surface area (Å²) < 4.78 is 0. The molecule has 3 heterocycles. The van der Waals surface area contributed by atoms with Crippen LogP contribution in [0.5, 0.6) is 0 Å². The van der Waals surface area contributed by atoms with Gasteiger partial charge in [0, 0.05) is 30.4 Å². The van der Waals surface area contributed by atoms with Crippen molar-refractivity contribution < 1.29 is 9.59 Å².